The summed E-state index contributed by atoms with van der Waals surface area (Å²) >= 11 is 0. The van der Waals surface area contributed by atoms with E-state index >= 15 is 0 Å². The summed E-state index contributed by atoms with van der Waals surface area (Å²) in [5.74, 6) is 1.42. The van der Waals surface area contributed by atoms with Crippen molar-refractivity contribution >= 4 is 23.1 Å². The second-order valence-corrected chi connectivity index (χ2v) is 6.18. The molecule has 0 radical (unpaired) electrons. The van der Waals surface area contributed by atoms with Crippen LogP contribution in [-0.4, -0.2) is 18.0 Å². The molecule has 5 heteroatoms. The van der Waals surface area contributed by atoms with Crippen LogP contribution in [0.2, 0.25) is 0 Å². The summed E-state index contributed by atoms with van der Waals surface area (Å²) in [5.41, 5.74) is 3.87. The van der Waals surface area contributed by atoms with Crippen LogP contribution in [0.15, 0.2) is 66.9 Å². The molecule has 5 nitrogen and oxygen atoms in total. The molecular formula is C22H23N3O2. The first-order valence-electron chi connectivity index (χ1n) is 8.91. The number of ether oxygens (including phenoxy) is 1. The first kappa shape index (κ1) is 18.5. The number of aryl methyl sites for hydroxylation is 1. The van der Waals surface area contributed by atoms with Crippen LogP contribution in [-0.2, 0) is 17.6 Å². The molecule has 0 unspecified atom stereocenters. The highest BCUT2D eigenvalue weighted by Gasteiger charge is 2.05. The fourth-order valence-electron chi connectivity index (χ4n) is 2.65. The minimum atomic E-state index is -0.0853. The number of pyridine rings is 1. The summed E-state index contributed by atoms with van der Waals surface area (Å²) < 4.78 is 5.12. The van der Waals surface area contributed by atoms with E-state index in [4.69, 9.17) is 4.74 Å². The predicted octanol–water partition coefficient (Wildman–Crippen LogP) is 4.58. The number of carbonyl (C=O) groups excluding carboxylic acids is 1. The molecule has 3 aromatic rings. The van der Waals surface area contributed by atoms with Crippen LogP contribution in [0, 0.1) is 0 Å². The Hall–Kier alpha value is -3.34. The van der Waals surface area contributed by atoms with Crippen molar-refractivity contribution in [1.29, 1.82) is 0 Å². The van der Waals surface area contributed by atoms with Gasteiger partial charge < -0.3 is 15.4 Å². The summed E-state index contributed by atoms with van der Waals surface area (Å²) in [6.07, 6.45) is 2.96. The van der Waals surface area contributed by atoms with E-state index in [1.165, 1.54) is 5.56 Å². The van der Waals surface area contributed by atoms with E-state index in [1.807, 2.05) is 48.5 Å². The van der Waals surface area contributed by atoms with Gasteiger partial charge in [-0.3, -0.25) is 4.79 Å². The number of nitrogens with zero attached hydrogens (tertiary/aromatic N) is 1. The van der Waals surface area contributed by atoms with Gasteiger partial charge in [0.2, 0.25) is 5.91 Å². The molecule has 0 bridgehead atoms. The zero-order valence-corrected chi connectivity index (χ0v) is 15.5. The lowest BCUT2D eigenvalue weighted by Gasteiger charge is -2.09. The molecule has 2 aromatic carbocycles. The quantitative estimate of drug-likeness (QED) is 0.647. The molecule has 0 aliphatic rings. The van der Waals surface area contributed by atoms with Crippen LogP contribution in [0.25, 0.3) is 0 Å². The number of methoxy groups -OCH3 is 1. The van der Waals surface area contributed by atoms with E-state index in [2.05, 4.69) is 34.7 Å². The van der Waals surface area contributed by atoms with Crippen molar-refractivity contribution in [3.05, 3.63) is 78.0 Å². The van der Waals surface area contributed by atoms with Gasteiger partial charge in [0.25, 0.3) is 0 Å². The minimum Gasteiger partial charge on any atom is -0.497 e. The molecule has 3 rings (SSSR count). The van der Waals surface area contributed by atoms with Crippen molar-refractivity contribution in [2.24, 2.45) is 0 Å². The summed E-state index contributed by atoms with van der Waals surface area (Å²) in [4.78, 5) is 16.5. The number of hydrogen-bond acceptors (Lipinski definition) is 4. The maximum atomic E-state index is 12.2. The Morgan fingerprint density at radius 2 is 1.59 bits per heavy atom. The van der Waals surface area contributed by atoms with Gasteiger partial charge in [0.05, 0.1) is 25.4 Å². The zero-order valence-electron chi connectivity index (χ0n) is 15.5. The molecule has 0 saturated heterocycles. The fraction of sp³-hybridized carbons (Fsp3) is 0.182. The number of carbonyl (C=O) groups is 1. The van der Waals surface area contributed by atoms with Gasteiger partial charge in [-0.2, -0.15) is 0 Å². The Morgan fingerprint density at radius 3 is 2.19 bits per heavy atom. The van der Waals surface area contributed by atoms with Crippen LogP contribution in [0.4, 0.5) is 17.2 Å². The van der Waals surface area contributed by atoms with E-state index < -0.39 is 0 Å². The SMILES string of the molecule is CCc1ccc(Nc2ccc(NC(=O)Cc3ccc(OC)cc3)cn2)cc1. The zero-order chi connectivity index (χ0) is 19.1. The van der Waals surface area contributed by atoms with Gasteiger partial charge in [-0.25, -0.2) is 4.98 Å². The van der Waals surface area contributed by atoms with Gasteiger partial charge in [-0.15, -0.1) is 0 Å². The van der Waals surface area contributed by atoms with Crippen LogP contribution in [0.1, 0.15) is 18.1 Å². The predicted molar refractivity (Wildman–Crippen MR) is 109 cm³/mol. The first-order valence-corrected chi connectivity index (χ1v) is 8.91. The Balaban J connectivity index is 1.55. The monoisotopic (exact) mass is 361 g/mol. The molecule has 0 aliphatic heterocycles. The highest BCUT2D eigenvalue weighted by molar-refractivity contribution is 5.92. The van der Waals surface area contributed by atoms with Gasteiger partial charge >= 0.3 is 0 Å². The van der Waals surface area contributed by atoms with Gasteiger partial charge in [0.15, 0.2) is 0 Å². The number of amides is 1. The largest absolute Gasteiger partial charge is 0.497 e. The second-order valence-electron chi connectivity index (χ2n) is 6.18. The maximum absolute atomic E-state index is 12.2. The third kappa shape index (κ3) is 5.31. The van der Waals surface area contributed by atoms with E-state index in [1.54, 1.807) is 13.3 Å². The summed E-state index contributed by atoms with van der Waals surface area (Å²) in [6.45, 7) is 2.13. The van der Waals surface area contributed by atoms with Crippen molar-refractivity contribution in [3.63, 3.8) is 0 Å². The maximum Gasteiger partial charge on any atom is 0.228 e. The number of rotatable bonds is 7. The highest BCUT2D eigenvalue weighted by Crippen LogP contribution is 2.17. The van der Waals surface area contributed by atoms with E-state index in [9.17, 15) is 4.79 Å². The second kappa shape index (κ2) is 8.85. The minimum absolute atomic E-state index is 0.0853. The summed E-state index contributed by atoms with van der Waals surface area (Å²) in [5, 5.41) is 6.12. The van der Waals surface area contributed by atoms with Gasteiger partial charge in [0, 0.05) is 5.69 Å². The standard InChI is InChI=1S/C22H23N3O2/c1-3-16-4-8-18(9-5-16)24-21-13-10-19(15-23-21)25-22(26)14-17-6-11-20(27-2)12-7-17/h4-13,15H,3,14H2,1-2H3,(H,23,24)(H,25,26). The smallest absolute Gasteiger partial charge is 0.228 e. The topological polar surface area (TPSA) is 63.2 Å². The van der Waals surface area contributed by atoms with Crippen LogP contribution in [0.3, 0.4) is 0 Å². The van der Waals surface area contributed by atoms with Crippen LogP contribution < -0.4 is 15.4 Å². The Bertz CT molecular complexity index is 873. The Labute approximate surface area is 159 Å². The number of benzene rings is 2. The molecule has 0 aliphatic carbocycles. The van der Waals surface area contributed by atoms with E-state index in [-0.39, 0.29) is 5.91 Å². The number of hydrogen-bond donors (Lipinski definition) is 2. The third-order valence-corrected chi connectivity index (χ3v) is 4.21. The van der Waals surface area contributed by atoms with Crippen LogP contribution in [0.5, 0.6) is 5.75 Å². The average Bonchev–Trinajstić information content (AvgIpc) is 2.70. The highest BCUT2D eigenvalue weighted by atomic mass is 16.5. The third-order valence-electron chi connectivity index (χ3n) is 4.21. The first-order chi connectivity index (χ1) is 13.2. The van der Waals surface area contributed by atoms with Crippen molar-refractivity contribution in [2.75, 3.05) is 17.7 Å². The lowest BCUT2D eigenvalue weighted by molar-refractivity contribution is -0.115. The summed E-state index contributed by atoms with van der Waals surface area (Å²) in [6, 6.07) is 19.4. The van der Waals surface area contributed by atoms with Crippen LogP contribution >= 0.6 is 0 Å². The molecular weight excluding hydrogens is 338 g/mol. The molecule has 0 fully saturated rings. The normalized spacial score (nSPS) is 10.3. The van der Waals surface area contributed by atoms with Crippen molar-refractivity contribution in [2.45, 2.75) is 19.8 Å². The Morgan fingerprint density at radius 1 is 0.926 bits per heavy atom. The fourth-order valence-corrected chi connectivity index (χ4v) is 2.65. The van der Waals surface area contributed by atoms with Gasteiger partial charge in [-0.1, -0.05) is 31.2 Å². The molecule has 0 atom stereocenters. The molecule has 0 saturated carbocycles. The van der Waals surface area contributed by atoms with Crippen molar-refractivity contribution in [3.8, 4) is 5.75 Å². The van der Waals surface area contributed by atoms with Crippen molar-refractivity contribution < 1.29 is 9.53 Å². The van der Waals surface area contributed by atoms with Gasteiger partial charge in [-0.05, 0) is 53.9 Å². The van der Waals surface area contributed by atoms with Gasteiger partial charge in [0.1, 0.15) is 11.6 Å². The number of anilines is 3. The number of aromatic nitrogens is 1. The molecule has 1 heterocycles. The molecule has 1 amide bonds. The lowest BCUT2D eigenvalue weighted by Crippen LogP contribution is -2.14. The van der Waals surface area contributed by atoms with E-state index in [0.717, 1.165) is 29.2 Å². The molecule has 1 aromatic heterocycles. The molecule has 27 heavy (non-hydrogen) atoms. The Kier molecular flexibility index (Phi) is 6.05. The van der Waals surface area contributed by atoms with Crippen molar-refractivity contribution in [1.82, 2.24) is 4.98 Å². The summed E-state index contributed by atoms with van der Waals surface area (Å²) in [7, 11) is 1.62. The molecule has 2 N–H and O–H groups in total. The average molecular weight is 361 g/mol. The lowest BCUT2D eigenvalue weighted by atomic mass is 10.1. The number of nitrogens with one attached hydrogen (secondary N) is 2. The van der Waals surface area contributed by atoms with E-state index in [0.29, 0.717) is 12.1 Å². The molecule has 0 spiro atoms. The molecule has 138 valence electrons.